The molecule has 0 fully saturated rings. The number of allylic oxidation sites excluding steroid dienone is 5. The van der Waals surface area contributed by atoms with Crippen LogP contribution in [0.25, 0.3) is 0 Å². The average molecular weight is 148 g/mol. The number of hydrogen-bond donors (Lipinski definition) is 0. The molecule has 0 spiro atoms. The highest BCUT2D eigenvalue weighted by molar-refractivity contribution is 5.09. The van der Waals surface area contributed by atoms with Gasteiger partial charge in [0.15, 0.2) is 0 Å². The topological polar surface area (TPSA) is 0 Å². The van der Waals surface area contributed by atoms with Crippen molar-refractivity contribution in [1.29, 1.82) is 0 Å². The lowest BCUT2D eigenvalue weighted by atomic mass is 10.0. The molecule has 0 N–H and O–H groups in total. The van der Waals surface area contributed by atoms with E-state index in [1.54, 1.807) is 5.57 Å². The van der Waals surface area contributed by atoms with Crippen molar-refractivity contribution in [2.24, 2.45) is 0 Å². The van der Waals surface area contributed by atoms with Crippen LogP contribution in [0.3, 0.4) is 0 Å². The highest BCUT2D eigenvalue weighted by Crippen LogP contribution is 2.15. The van der Waals surface area contributed by atoms with Crippen LogP contribution in [0.15, 0.2) is 36.5 Å². The molecular formula is C11H16. The first-order valence-electron chi connectivity index (χ1n) is 4.37. The van der Waals surface area contributed by atoms with Crippen molar-refractivity contribution >= 4 is 0 Å². The van der Waals surface area contributed by atoms with Gasteiger partial charge in [0.05, 0.1) is 0 Å². The summed E-state index contributed by atoms with van der Waals surface area (Å²) in [7, 11) is 0. The number of rotatable bonds is 2. The Bertz CT molecular complexity index is 172. The van der Waals surface area contributed by atoms with Crippen LogP contribution in [0.4, 0.5) is 0 Å². The van der Waals surface area contributed by atoms with Gasteiger partial charge in [0.2, 0.25) is 0 Å². The zero-order chi connectivity index (χ0) is 7.94. The van der Waals surface area contributed by atoms with Gasteiger partial charge in [0.25, 0.3) is 0 Å². The van der Waals surface area contributed by atoms with Crippen LogP contribution in [-0.4, -0.2) is 0 Å². The Hall–Kier alpha value is -0.780. The minimum Gasteiger partial charge on any atom is -0.103 e. The molecule has 0 aromatic rings. The summed E-state index contributed by atoms with van der Waals surface area (Å²) in [5.41, 5.74) is 1.56. The van der Waals surface area contributed by atoms with Crippen molar-refractivity contribution in [3.05, 3.63) is 36.5 Å². The molecule has 0 aromatic carbocycles. The summed E-state index contributed by atoms with van der Waals surface area (Å²) in [6, 6.07) is 0. The maximum absolute atomic E-state index is 3.75. The zero-order valence-electron chi connectivity index (χ0n) is 7.05. The molecule has 0 unspecified atom stereocenters. The summed E-state index contributed by atoms with van der Waals surface area (Å²) < 4.78 is 0. The van der Waals surface area contributed by atoms with E-state index in [9.17, 15) is 0 Å². The monoisotopic (exact) mass is 148 g/mol. The minimum absolute atomic E-state index is 1.08. The molecule has 1 aliphatic carbocycles. The maximum Gasteiger partial charge on any atom is -0.0141 e. The first kappa shape index (κ1) is 8.32. The van der Waals surface area contributed by atoms with E-state index in [1.165, 1.54) is 25.7 Å². The fourth-order valence-corrected chi connectivity index (χ4v) is 1.36. The van der Waals surface area contributed by atoms with Crippen LogP contribution in [0, 0.1) is 0 Å². The lowest BCUT2D eigenvalue weighted by Crippen LogP contribution is -1.84. The standard InChI is InChI=1S/C11H16/c1-2-8-11-9-6-4-3-5-7-10-11/h2-4,10H,1,5-9H2. The maximum atomic E-state index is 3.75. The predicted molar refractivity (Wildman–Crippen MR) is 50.5 cm³/mol. The second kappa shape index (κ2) is 4.95. The van der Waals surface area contributed by atoms with E-state index >= 15 is 0 Å². The minimum atomic E-state index is 1.08. The van der Waals surface area contributed by atoms with Crippen LogP contribution in [0.2, 0.25) is 0 Å². The third-order valence-electron chi connectivity index (χ3n) is 1.97. The molecule has 0 nitrogen and oxygen atoms in total. The summed E-state index contributed by atoms with van der Waals surface area (Å²) in [5.74, 6) is 0. The van der Waals surface area contributed by atoms with Crippen molar-refractivity contribution in [3.63, 3.8) is 0 Å². The van der Waals surface area contributed by atoms with Gasteiger partial charge in [-0.2, -0.15) is 0 Å². The normalized spacial score (nSPS) is 18.4. The molecule has 1 aliphatic rings. The highest BCUT2D eigenvalue weighted by Gasteiger charge is 1.95. The molecule has 0 heteroatoms. The van der Waals surface area contributed by atoms with Crippen LogP contribution in [-0.2, 0) is 0 Å². The predicted octanol–water partition coefficient (Wildman–Crippen LogP) is 3.62. The molecule has 0 amide bonds. The average Bonchev–Trinajstić information content (AvgIpc) is 1.94. The van der Waals surface area contributed by atoms with E-state index in [0.717, 1.165) is 6.42 Å². The van der Waals surface area contributed by atoms with Gasteiger partial charge in [-0.15, -0.1) is 6.58 Å². The third kappa shape index (κ3) is 3.22. The Morgan fingerprint density at radius 1 is 1.27 bits per heavy atom. The van der Waals surface area contributed by atoms with Crippen molar-refractivity contribution in [1.82, 2.24) is 0 Å². The molecule has 0 bridgehead atoms. The van der Waals surface area contributed by atoms with E-state index in [1.807, 2.05) is 6.08 Å². The van der Waals surface area contributed by atoms with Gasteiger partial charge in [-0.05, 0) is 32.1 Å². The second-order valence-corrected chi connectivity index (χ2v) is 2.94. The first-order chi connectivity index (χ1) is 5.43. The van der Waals surface area contributed by atoms with E-state index in [0.29, 0.717) is 0 Å². The molecule has 0 aliphatic heterocycles. The summed E-state index contributed by atoms with van der Waals surface area (Å²) in [6.45, 7) is 3.75. The number of hydrogen-bond acceptors (Lipinski definition) is 0. The lowest BCUT2D eigenvalue weighted by Gasteiger charge is -2.04. The van der Waals surface area contributed by atoms with Gasteiger partial charge < -0.3 is 0 Å². The van der Waals surface area contributed by atoms with E-state index in [-0.39, 0.29) is 0 Å². The van der Waals surface area contributed by atoms with Crippen LogP contribution >= 0.6 is 0 Å². The third-order valence-corrected chi connectivity index (χ3v) is 1.97. The molecule has 0 atom stereocenters. The molecule has 1 rings (SSSR count). The smallest absolute Gasteiger partial charge is 0.0141 e. The van der Waals surface area contributed by atoms with Gasteiger partial charge in [-0.3, -0.25) is 0 Å². The Kier molecular flexibility index (Phi) is 3.74. The first-order valence-corrected chi connectivity index (χ1v) is 4.37. The fourth-order valence-electron chi connectivity index (χ4n) is 1.36. The van der Waals surface area contributed by atoms with Gasteiger partial charge in [0, 0.05) is 0 Å². The molecule has 0 aromatic heterocycles. The van der Waals surface area contributed by atoms with Crippen LogP contribution in [0.5, 0.6) is 0 Å². The quantitative estimate of drug-likeness (QED) is 0.525. The fraction of sp³-hybridized carbons (Fsp3) is 0.455. The van der Waals surface area contributed by atoms with E-state index < -0.39 is 0 Å². The summed E-state index contributed by atoms with van der Waals surface area (Å²) in [6.07, 6.45) is 14.9. The van der Waals surface area contributed by atoms with Gasteiger partial charge in [-0.1, -0.05) is 29.9 Å². The summed E-state index contributed by atoms with van der Waals surface area (Å²) in [5, 5.41) is 0. The van der Waals surface area contributed by atoms with Crippen molar-refractivity contribution in [2.45, 2.75) is 32.1 Å². The van der Waals surface area contributed by atoms with Crippen molar-refractivity contribution in [2.75, 3.05) is 0 Å². The molecular weight excluding hydrogens is 132 g/mol. The molecule has 0 radical (unpaired) electrons. The largest absolute Gasteiger partial charge is 0.103 e. The lowest BCUT2D eigenvalue weighted by molar-refractivity contribution is 0.885. The second-order valence-electron chi connectivity index (χ2n) is 2.94. The van der Waals surface area contributed by atoms with Crippen molar-refractivity contribution in [3.8, 4) is 0 Å². The Morgan fingerprint density at radius 2 is 2.09 bits per heavy atom. The molecule has 0 heterocycles. The van der Waals surface area contributed by atoms with E-state index in [4.69, 9.17) is 0 Å². The molecule has 60 valence electrons. The Morgan fingerprint density at radius 3 is 2.91 bits per heavy atom. The van der Waals surface area contributed by atoms with Gasteiger partial charge in [0.1, 0.15) is 0 Å². The molecule has 0 saturated carbocycles. The van der Waals surface area contributed by atoms with Gasteiger partial charge >= 0.3 is 0 Å². The van der Waals surface area contributed by atoms with Crippen LogP contribution in [0.1, 0.15) is 32.1 Å². The summed E-state index contributed by atoms with van der Waals surface area (Å²) >= 11 is 0. The van der Waals surface area contributed by atoms with Crippen LogP contribution < -0.4 is 0 Å². The summed E-state index contributed by atoms with van der Waals surface area (Å²) in [4.78, 5) is 0. The Balaban J connectivity index is 2.42. The van der Waals surface area contributed by atoms with E-state index in [2.05, 4.69) is 24.8 Å². The zero-order valence-corrected chi connectivity index (χ0v) is 7.05. The molecule has 0 saturated heterocycles. The SMILES string of the molecule is C=CCC1=CCCC=CCC1. The van der Waals surface area contributed by atoms with Crippen molar-refractivity contribution < 1.29 is 0 Å². The Labute approximate surface area is 69.3 Å². The highest BCUT2D eigenvalue weighted by atomic mass is 14.0. The molecule has 11 heavy (non-hydrogen) atoms. The van der Waals surface area contributed by atoms with Gasteiger partial charge in [-0.25, -0.2) is 0 Å².